The summed E-state index contributed by atoms with van der Waals surface area (Å²) in [6, 6.07) is 2.16. The lowest BCUT2D eigenvalue weighted by Crippen LogP contribution is -2.40. The fourth-order valence-corrected chi connectivity index (χ4v) is 3.36. The molecule has 0 radical (unpaired) electrons. The Hall–Kier alpha value is -1.20. The highest BCUT2D eigenvalue weighted by molar-refractivity contribution is 7.80. The van der Waals surface area contributed by atoms with E-state index in [2.05, 4.69) is 11.0 Å². The highest BCUT2D eigenvalue weighted by Gasteiger charge is 2.25. The first kappa shape index (κ1) is 13.8. The Kier molecular flexibility index (Phi) is 3.89. The lowest BCUT2D eigenvalue weighted by atomic mass is 10.1. The third-order valence-corrected chi connectivity index (χ3v) is 4.53. The van der Waals surface area contributed by atoms with Crippen LogP contribution in [-0.4, -0.2) is 36.3 Å². The second-order valence-corrected chi connectivity index (χ2v) is 6.07. The maximum atomic E-state index is 5.92. The van der Waals surface area contributed by atoms with E-state index >= 15 is 0 Å². The van der Waals surface area contributed by atoms with Gasteiger partial charge in [-0.1, -0.05) is 12.2 Å². The molecule has 0 spiro atoms. The molecule has 1 atom stereocenters. The van der Waals surface area contributed by atoms with E-state index in [4.69, 9.17) is 27.7 Å². The van der Waals surface area contributed by atoms with Crippen LogP contribution < -0.4 is 10.6 Å². The molecule has 2 heterocycles. The summed E-state index contributed by atoms with van der Waals surface area (Å²) in [7, 11) is 1.78. The highest BCUT2D eigenvalue weighted by Crippen LogP contribution is 2.29. The second kappa shape index (κ2) is 5.66. The van der Waals surface area contributed by atoms with Crippen LogP contribution in [0.25, 0.3) is 0 Å². The number of piperidine rings is 1. The van der Waals surface area contributed by atoms with Crippen molar-refractivity contribution in [2.75, 3.05) is 25.1 Å². The number of aryl methyl sites for hydroxylation is 2. The van der Waals surface area contributed by atoms with Crippen LogP contribution in [0.15, 0.2) is 6.07 Å². The van der Waals surface area contributed by atoms with Crippen molar-refractivity contribution < 1.29 is 4.74 Å². The van der Waals surface area contributed by atoms with Crippen molar-refractivity contribution in [1.82, 2.24) is 4.98 Å². The summed E-state index contributed by atoms with van der Waals surface area (Å²) in [6.45, 7) is 1.87. The summed E-state index contributed by atoms with van der Waals surface area (Å²) < 4.78 is 5.50. The first-order chi connectivity index (χ1) is 9.69. The number of ether oxygens (including phenoxy) is 1. The number of nitrogens with two attached hydrogens (primary N) is 1. The number of pyridine rings is 1. The molecule has 0 aromatic carbocycles. The zero-order chi connectivity index (χ0) is 14.1. The first-order valence-corrected chi connectivity index (χ1v) is 7.70. The summed E-state index contributed by atoms with van der Waals surface area (Å²) in [5.74, 6) is 0.958. The van der Waals surface area contributed by atoms with Crippen molar-refractivity contribution in [2.45, 2.75) is 38.2 Å². The van der Waals surface area contributed by atoms with Gasteiger partial charge in [0.05, 0.1) is 11.7 Å². The molecular weight excluding hydrogens is 270 g/mol. The van der Waals surface area contributed by atoms with Gasteiger partial charge in [0.15, 0.2) is 0 Å². The average molecular weight is 291 g/mol. The topological polar surface area (TPSA) is 51.4 Å². The number of thiocarbonyl (C=S) groups is 1. The Morgan fingerprint density at radius 1 is 1.45 bits per heavy atom. The van der Waals surface area contributed by atoms with Crippen molar-refractivity contribution in [2.24, 2.45) is 5.73 Å². The number of nitrogens with zero attached hydrogens (tertiary/aromatic N) is 2. The molecule has 0 saturated carbocycles. The number of hydrogen-bond acceptors (Lipinski definition) is 4. The molecule has 1 unspecified atom stereocenters. The predicted molar refractivity (Wildman–Crippen MR) is 84.4 cm³/mol. The average Bonchev–Trinajstić information content (AvgIpc) is 2.93. The standard InChI is InChI=1S/C15H21N3OS/c1-19-11-5-3-7-18(9-11)15-12(14(16)20)8-10-4-2-6-13(10)17-15/h8,11H,2-7,9H2,1H3,(H2,16,20). The lowest BCUT2D eigenvalue weighted by molar-refractivity contribution is 0.0891. The molecule has 1 aromatic heterocycles. The van der Waals surface area contributed by atoms with E-state index in [1.165, 1.54) is 17.7 Å². The summed E-state index contributed by atoms with van der Waals surface area (Å²) in [5.41, 5.74) is 9.38. The Morgan fingerprint density at radius 2 is 2.30 bits per heavy atom. The van der Waals surface area contributed by atoms with Crippen LogP contribution in [0.1, 0.15) is 36.1 Å². The summed E-state index contributed by atoms with van der Waals surface area (Å²) in [6.07, 6.45) is 5.86. The maximum Gasteiger partial charge on any atom is 0.139 e. The van der Waals surface area contributed by atoms with Crippen LogP contribution in [0.4, 0.5) is 5.82 Å². The molecule has 4 nitrogen and oxygen atoms in total. The molecule has 1 saturated heterocycles. The zero-order valence-electron chi connectivity index (χ0n) is 11.9. The molecule has 1 fully saturated rings. The Bertz CT molecular complexity index is 532. The minimum absolute atomic E-state index is 0.276. The predicted octanol–water partition coefficient (Wildman–Crippen LogP) is 1.82. The van der Waals surface area contributed by atoms with E-state index < -0.39 is 0 Å². The van der Waals surface area contributed by atoms with Gasteiger partial charge in [-0.2, -0.15) is 0 Å². The van der Waals surface area contributed by atoms with Gasteiger partial charge in [-0.05, 0) is 43.7 Å². The smallest absolute Gasteiger partial charge is 0.139 e. The van der Waals surface area contributed by atoms with E-state index in [0.717, 1.165) is 50.2 Å². The largest absolute Gasteiger partial charge is 0.389 e. The number of anilines is 1. The van der Waals surface area contributed by atoms with Gasteiger partial charge >= 0.3 is 0 Å². The molecule has 108 valence electrons. The van der Waals surface area contributed by atoms with Crippen molar-refractivity contribution >= 4 is 23.0 Å². The van der Waals surface area contributed by atoms with Crippen LogP contribution in [0.3, 0.4) is 0 Å². The van der Waals surface area contributed by atoms with Gasteiger partial charge in [0.2, 0.25) is 0 Å². The van der Waals surface area contributed by atoms with E-state index in [-0.39, 0.29) is 6.10 Å². The van der Waals surface area contributed by atoms with Crippen molar-refractivity contribution in [3.8, 4) is 0 Å². The monoisotopic (exact) mass is 291 g/mol. The van der Waals surface area contributed by atoms with Crippen molar-refractivity contribution in [3.63, 3.8) is 0 Å². The van der Waals surface area contributed by atoms with Crippen molar-refractivity contribution in [3.05, 3.63) is 22.9 Å². The Morgan fingerprint density at radius 3 is 3.05 bits per heavy atom. The van der Waals surface area contributed by atoms with Gasteiger partial charge in [0.1, 0.15) is 10.8 Å². The zero-order valence-corrected chi connectivity index (χ0v) is 12.7. The van der Waals surface area contributed by atoms with Crippen LogP contribution >= 0.6 is 12.2 Å². The molecule has 1 aromatic rings. The molecule has 2 aliphatic rings. The Balaban J connectivity index is 1.97. The van der Waals surface area contributed by atoms with Crippen molar-refractivity contribution in [1.29, 1.82) is 0 Å². The van der Waals surface area contributed by atoms with Crippen LogP contribution in [-0.2, 0) is 17.6 Å². The molecule has 20 heavy (non-hydrogen) atoms. The van der Waals surface area contributed by atoms with E-state index in [0.29, 0.717) is 4.99 Å². The number of fused-ring (bicyclic) bond motifs is 1. The van der Waals surface area contributed by atoms with Gasteiger partial charge in [-0.3, -0.25) is 0 Å². The van der Waals surface area contributed by atoms with Gasteiger partial charge in [-0.15, -0.1) is 0 Å². The normalized spacial score (nSPS) is 21.9. The SMILES string of the molecule is COC1CCCN(c2nc3c(cc2C(N)=S)CCC3)C1. The van der Waals surface area contributed by atoms with E-state index in [1.807, 2.05) is 0 Å². The van der Waals surface area contributed by atoms with Crippen LogP contribution in [0.5, 0.6) is 0 Å². The number of aromatic nitrogens is 1. The highest BCUT2D eigenvalue weighted by atomic mass is 32.1. The molecular formula is C15H21N3OS. The fraction of sp³-hybridized carbons (Fsp3) is 0.600. The molecule has 0 amide bonds. The van der Waals surface area contributed by atoms with E-state index in [1.54, 1.807) is 7.11 Å². The quantitative estimate of drug-likeness (QED) is 0.861. The Labute approximate surface area is 125 Å². The van der Waals surface area contributed by atoms with E-state index in [9.17, 15) is 0 Å². The molecule has 1 aliphatic heterocycles. The third kappa shape index (κ3) is 2.52. The van der Waals surface area contributed by atoms with Gasteiger partial charge in [0, 0.05) is 25.9 Å². The van der Waals surface area contributed by atoms with Gasteiger partial charge in [-0.25, -0.2) is 4.98 Å². The summed E-state index contributed by atoms with van der Waals surface area (Å²) in [5, 5.41) is 0. The number of methoxy groups -OCH3 is 1. The molecule has 3 rings (SSSR count). The minimum Gasteiger partial charge on any atom is -0.389 e. The van der Waals surface area contributed by atoms with Gasteiger partial charge in [0.25, 0.3) is 0 Å². The minimum atomic E-state index is 0.276. The number of rotatable bonds is 3. The van der Waals surface area contributed by atoms with Gasteiger partial charge < -0.3 is 15.4 Å². The molecule has 0 bridgehead atoms. The summed E-state index contributed by atoms with van der Waals surface area (Å²) >= 11 is 5.23. The molecule has 5 heteroatoms. The lowest BCUT2D eigenvalue weighted by Gasteiger charge is -2.34. The molecule has 1 aliphatic carbocycles. The third-order valence-electron chi connectivity index (χ3n) is 4.31. The van der Waals surface area contributed by atoms with Crippen LogP contribution in [0.2, 0.25) is 0 Å². The maximum absolute atomic E-state index is 5.92. The first-order valence-electron chi connectivity index (χ1n) is 7.29. The van der Waals surface area contributed by atoms with Crippen LogP contribution in [0, 0.1) is 0 Å². The number of hydrogen-bond donors (Lipinski definition) is 1. The second-order valence-electron chi connectivity index (χ2n) is 5.63. The summed E-state index contributed by atoms with van der Waals surface area (Å²) in [4.78, 5) is 7.60. The fourth-order valence-electron chi connectivity index (χ4n) is 3.21. The molecule has 2 N–H and O–H groups in total.